The third kappa shape index (κ3) is 3.48. The molecule has 0 saturated carbocycles. The molecule has 0 unspecified atom stereocenters. The molecule has 0 spiro atoms. The number of fused-ring (bicyclic) bond motifs is 1. The predicted octanol–water partition coefficient (Wildman–Crippen LogP) is 4.09. The van der Waals surface area contributed by atoms with Crippen molar-refractivity contribution >= 4 is 16.9 Å². The summed E-state index contributed by atoms with van der Waals surface area (Å²) in [7, 11) is 0. The van der Waals surface area contributed by atoms with E-state index >= 15 is 0 Å². The average molecular weight is 328 g/mol. The zero-order valence-corrected chi connectivity index (χ0v) is 14.8. The topological polar surface area (TPSA) is 45.5 Å². The molecule has 2 aromatic rings. The number of benzene rings is 1. The number of aromatic carboxylic acids is 1. The molecule has 1 aliphatic rings. The maximum Gasteiger partial charge on any atom is 0.335 e. The Morgan fingerprint density at radius 3 is 2.62 bits per heavy atom. The Morgan fingerprint density at radius 2 is 1.96 bits per heavy atom. The quantitative estimate of drug-likeness (QED) is 0.833. The highest BCUT2D eigenvalue weighted by molar-refractivity contribution is 5.96. The first-order valence-electron chi connectivity index (χ1n) is 9.18. The number of nitrogens with zero attached hydrogens (tertiary/aromatic N) is 2. The van der Waals surface area contributed by atoms with Crippen molar-refractivity contribution in [3.63, 3.8) is 0 Å². The van der Waals surface area contributed by atoms with Gasteiger partial charge in [-0.05, 0) is 69.0 Å². The first-order valence-corrected chi connectivity index (χ1v) is 9.18. The number of hydrogen-bond acceptors (Lipinski definition) is 2. The molecule has 1 fully saturated rings. The summed E-state index contributed by atoms with van der Waals surface area (Å²) in [4.78, 5) is 14.0. The van der Waals surface area contributed by atoms with E-state index in [1.807, 2.05) is 19.1 Å². The van der Waals surface area contributed by atoms with Gasteiger partial charge < -0.3 is 14.6 Å². The molecule has 4 heteroatoms. The minimum atomic E-state index is -0.832. The lowest BCUT2D eigenvalue weighted by Gasteiger charge is -2.13. The molecule has 3 rings (SSSR count). The summed E-state index contributed by atoms with van der Waals surface area (Å²) in [5.74, 6) is -0.832. The van der Waals surface area contributed by atoms with Crippen LogP contribution in [0.2, 0.25) is 0 Å². The Hall–Kier alpha value is -1.81. The van der Waals surface area contributed by atoms with E-state index in [9.17, 15) is 9.90 Å². The molecule has 1 aromatic heterocycles. The van der Waals surface area contributed by atoms with Gasteiger partial charge in [0.25, 0.3) is 0 Å². The molecule has 1 N–H and O–H groups in total. The van der Waals surface area contributed by atoms with Crippen LogP contribution in [0.5, 0.6) is 0 Å². The zero-order chi connectivity index (χ0) is 17.1. The molecule has 4 nitrogen and oxygen atoms in total. The van der Waals surface area contributed by atoms with E-state index in [0.717, 1.165) is 43.3 Å². The largest absolute Gasteiger partial charge is 0.478 e. The summed E-state index contributed by atoms with van der Waals surface area (Å²) in [6.07, 6.45) is 8.17. The molecule has 24 heavy (non-hydrogen) atoms. The standard InChI is InChI=1S/C20H28N2O2/c1-3-4-10-22-14-16(7-11-21-8-5-6-9-21)18-13-17(20(23)24)15(2)12-19(18)22/h12-14H,3-11H2,1-2H3,(H,23,24). The van der Waals surface area contributed by atoms with E-state index in [1.54, 1.807) is 0 Å². The second kappa shape index (κ2) is 7.39. The molecule has 1 saturated heterocycles. The first kappa shape index (κ1) is 17.0. The van der Waals surface area contributed by atoms with Crippen molar-refractivity contribution in [1.29, 1.82) is 0 Å². The van der Waals surface area contributed by atoms with E-state index in [0.29, 0.717) is 5.56 Å². The molecule has 0 atom stereocenters. The smallest absolute Gasteiger partial charge is 0.335 e. The highest BCUT2D eigenvalue weighted by atomic mass is 16.4. The molecule has 1 aromatic carbocycles. The molecule has 130 valence electrons. The number of hydrogen-bond donors (Lipinski definition) is 1. The van der Waals surface area contributed by atoms with E-state index in [1.165, 1.54) is 37.0 Å². The van der Waals surface area contributed by atoms with Gasteiger partial charge in [0.15, 0.2) is 0 Å². The lowest BCUT2D eigenvalue weighted by molar-refractivity contribution is 0.0696. The van der Waals surface area contributed by atoms with E-state index in [2.05, 4.69) is 22.6 Å². The molecular formula is C20H28N2O2. The number of carboxylic acids is 1. The minimum Gasteiger partial charge on any atom is -0.478 e. The maximum absolute atomic E-state index is 11.5. The van der Waals surface area contributed by atoms with Crippen LogP contribution in [-0.2, 0) is 13.0 Å². The Labute approximate surface area is 144 Å². The summed E-state index contributed by atoms with van der Waals surface area (Å²) in [5, 5.41) is 10.6. The van der Waals surface area contributed by atoms with Gasteiger partial charge in [0, 0.05) is 30.2 Å². The van der Waals surface area contributed by atoms with Crippen molar-refractivity contribution in [2.75, 3.05) is 19.6 Å². The van der Waals surface area contributed by atoms with E-state index in [-0.39, 0.29) is 0 Å². The summed E-state index contributed by atoms with van der Waals surface area (Å²) in [5.41, 5.74) is 3.74. The predicted molar refractivity (Wildman–Crippen MR) is 97.9 cm³/mol. The van der Waals surface area contributed by atoms with Crippen molar-refractivity contribution in [2.24, 2.45) is 0 Å². The van der Waals surface area contributed by atoms with Gasteiger partial charge in [-0.15, -0.1) is 0 Å². The van der Waals surface area contributed by atoms with Gasteiger partial charge in [-0.1, -0.05) is 13.3 Å². The minimum absolute atomic E-state index is 0.429. The van der Waals surface area contributed by atoms with Gasteiger partial charge in [0.05, 0.1) is 5.56 Å². The molecule has 1 aliphatic heterocycles. The number of carboxylic acid groups (broad SMARTS) is 1. The molecule has 0 radical (unpaired) electrons. The van der Waals surface area contributed by atoms with Crippen molar-refractivity contribution in [2.45, 2.75) is 52.5 Å². The number of likely N-dealkylation sites (tertiary alicyclic amines) is 1. The zero-order valence-electron chi connectivity index (χ0n) is 14.8. The first-order chi connectivity index (χ1) is 11.6. The Kier molecular flexibility index (Phi) is 5.24. The normalized spacial score (nSPS) is 15.4. The molecule has 0 amide bonds. The number of rotatable bonds is 7. The number of aromatic nitrogens is 1. The molecule has 0 bridgehead atoms. The van der Waals surface area contributed by atoms with Gasteiger partial charge in [-0.2, -0.15) is 0 Å². The van der Waals surface area contributed by atoms with Crippen LogP contribution in [-0.4, -0.2) is 40.2 Å². The molecule has 2 heterocycles. The molecular weight excluding hydrogens is 300 g/mol. The van der Waals surface area contributed by atoms with E-state index < -0.39 is 5.97 Å². The second-order valence-corrected chi connectivity index (χ2v) is 6.99. The summed E-state index contributed by atoms with van der Waals surface area (Å²) >= 11 is 0. The summed E-state index contributed by atoms with van der Waals surface area (Å²) in [6.45, 7) is 8.57. The van der Waals surface area contributed by atoms with Crippen LogP contribution in [0.15, 0.2) is 18.3 Å². The summed E-state index contributed by atoms with van der Waals surface area (Å²) in [6, 6.07) is 3.93. The van der Waals surface area contributed by atoms with Crippen LogP contribution in [0, 0.1) is 6.92 Å². The monoisotopic (exact) mass is 328 g/mol. The number of carbonyl (C=O) groups is 1. The van der Waals surface area contributed by atoms with Crippen molar-refractivity contribution < 1.29 is 9.90 Å². The fourth-order valence-corrected chi connectivity index (χ4v) is 3.74. The van der Waals surface area contributed by atoms with Crippen LogP contribution in [0.4, 0.5) is 0 Å². The van der Waals surface area contributed by atoms with Crippen LogP contribution < -0.4 is 0 Å². The van der Waals surface area contributed by atoms with Gasteiger partial charge in [-0.25, -0.2) is 4.79 Å². The SMILES string of the molecule is CCCCn1cc(CCN2CCCC2)c2cc(C(=O)O)c(C)cc21. The second-order valence-electron chi connectivity index (χ2n) is 6.99. The Bertz CT molecular complexity index is 727. The van der Waals surface area contributed by atoms with Crippen LogP contribution >= 0.6 is 0 Å². The highest BCUT2D eigenvalue weighted by Gasteiger charge is 2.16. The number of unbranched alkanes of at least 4 members (excludes halogenated alkanes) is 1. The van der Waals surface area contributed by atoms with Crippen molar-refractivity contribution in [3.8, 4) is 0 Å². The Balaban J connectivity index is 1.95. The van der Waals surface area contributed by atoms with Crippen molar-refractivity contribution in [3.05, 3.63) is 35.0 Å². The summed E-state index contributed by atoms with van der Waals surface area (Å²) < 4.78 is 2.32. The van der Waals surface area contributed by atoms with Crippen LogP contribution in [0.1, 0.15) is 54.1 Å². The average Bonchev–Trinajstić information content (AvgIpc) is 3.17. The maximum atomic E-state index is 11.5. The van der Waals surface area contributed by atoms with Gasteiger partial charge in [-0.3, -0.25) is 0 Å². The van der Waals surface area contributed by atoms with Crippen molar-refractivity contribution in [1.82, 2.24) is 9.47 Å². The lowest BCUT2D eigenvalue weighted by Crippen LogP contribution is -2.21. The van der Waals surface area contributed by atoms with Gasteiger partial charge in [0.2, 0.25) is 0 Å². The number of aryl methyl sites for hydroxylation is 2. The van der Waals surface area contributed by atoms with Crippen LogP contribution in [0.25, 0.3) is 10.9 Å². The highest BCUT2D eigenvalue weighted by Crippen LogP contribution is 2.27. The fourth-order valence-electron chi connectivity index (χ4n) is 3.74. The Morgan fingerprint density at radius 1 is 1.21 bits per heavy atom. The lowest BCUT2D eigenvalue weighted by atomic mass is 10.0. The fraction of sp³-hybridized carbons (Fsp3) is 0.550. The van der Waals surface area contributed by atoms with Crippen LogP contribution in [0.3, 0.4) is 0 Å². The third-order valence-corrected chi connectivity index (χ3v) is 5.19. The molecule has 0 aliphatic carbocycles. The van der Waals surface area contributed by atoms with E-state index in [4.69, 9.17) is 0 Å². The van der Waals surface area contributed by atoms with Gasteiger partial charge >= 0.3 is 5.97 Å². The third-order valence-electron chi connectivity index (χ3n) is 5.19. The van der Waals surface area contributed by atoms with Gasteiger partial charge in [0.1, 0.15) is 0 Å².